The molecule has 1 fully saturated rings. The van der Waals surface area contributed by atoms with Crippen LogP contribution in [-0.4, -0.2) is 50.9 Å². The topological polar surface area (TPSA) is 73.8 Å². The molecule has 1 aromatic rings. The molecule has 2 N–H and O–H groups in total. The molecule has 144 valence electrons. The molecular weight excluding hydrogens is 471 g/mol. The van der Waals surface area contributed by atoms with E-state index in [0.29, 0.717) is 29.9 Å². The fourth-order valence-electron chi connectivity index (χ4n) is 2.34. The van der Waals surface area contributed by atoms with Crippen molar-refractivity contribution in [3.63, 3.8) is 0 Å². The Morgan fingerprint density at radius 2 is 1.96 bits per heavy atom. The van der Waals surface area contributed by atoms with Crippen LogP contribution in [0.5, 0.6) is 0 Å². The number of nitrogens with zero attached hydrogens (tertiary/aromatic N) is 2. The van der Waals surface area contributed by atoms with Crippen molar-refractivity contribution in [2.45, 2.75) is 50.3 Å². The first-order valence-electron chi connectivity index (χ1n) is 8.64. The van der Waals surface area contributed by atoms with E-state index in [1.54, 1.807) is 6.07 Å². The monoisotopic (exact) mass is 500 g/mol. The van der Waals surface area contributed by atoms with Crippen LogP contribution >= 0.6 is 35.3 Å². The van der Waals surface area contributed by atoms with Crippen LogP contribution in [0.4, 0.5) is 0 Å². The van der Waals surface area contributed by atoms with Crippen molar-refractivity contribution in [3.05, 3.63) is 17.0 Å². The molecule has 0 saturated heterocycles. The Balaban J connectivity index is 0.00000312. The first kappa shape index (κ1) is 22.7. The van der Waals surface area contributed by atoms with E-state index >= 15 is 0 Å². The maximum Gasteiger partial charge on any atom is 0.252 e. The molecule has 0 aromatic carbocycles. The largest absolute Gasteiger partial charge is 0.357 e. The van der Waals surface area contributed by atoms with Gasteiger partial charge in [0.1, 0.15) is 4.21 Å². The highest BCUT2D eigenvalue weighted by Crippen LogP contribution is 2.25. The lowest BCUT2D eigenvalue weighted by molar-refractivity contribution is 0.447. The predicted molar refractivity (Wildman–Crippen MR) is 116 cm³/mol. The molecule has 1 aliphatic rings. The molecule has 0 bridgehead atoms. The summed E-state index contributed by atoms with van der Waals surface area (Å²) in [6.45, 7) is 8.24. The summed E-state index contributed by atoms with van der Waals surface area (Å²) in [7, 11) is -3.35. The maximum atomic E-state index is 12.5. The van der Waals surface area contributed by atoms with E-state index in [1.807, 2.05) is 26.8 Å². The second kappa shape index (κ2) is 10.7. The maximum absolute atomic E-state index is 12.5. The molecular formula is C16H29IN4O2S2. The number of hydrogen-bond acceptors (Lipinski definition) is 4. The van der Waals surface area contributed by atoms with Gasteiger partial charge in [-0.3, -0.25) is 4.99 Å². The van der Waals surface area contributed by atoms with Gasteiger partial charge in [-0.25, -0.2) is 8.42 Å². The van der Waals surface area contributed by atoms with Crippen LogP contribution in [0.1, 0.15) is 38.5 Å². The highest BCUT2D eigenvalue weighted by atomic mass is 127. The molecule has 0 radical (unpaired) electrons. The Morgan fingerprint density at radius 1 is 1.28 bits per heavy atom. The fourth-order valence-corrected chi connectivity index (χ4v) is 5.30. The van der Waals surface area contributed by atoms with Crippen molar-refractivity contribution in [2.75, 3.05) is 26.2 Å². The number of sulfonamides is 1. The quantitative estimate of drug-likeness (QED) is 0.311. The van der Waals surface area contributed by atoms with Gasteiger partial charge in [-0.05, 0) is 31.9 Å². The lowest BCUT2D eigenvalue weighted by atomic mass is 10.3. The molecule has 0 amide bonds. The van der Waals surface area contributed by atoms with E-state index in [2.05, 4.69) is 15.6 Å². The fraction of sp³-hybridized carbons (Fsp3) is 0.688. The molecule has 0 aliphatic heterocycles. The third-order valence-electron chi connectivity index (χ3n) is 3.83. The minimum absolute atomic E-state index is 0. The molecule has 2 rings (SSSR count). The summed E-state index contributed by atoms with van der Waals surface area (Å²) in [6.07, 6.45) is 3.17. The van der Waals surface area contributed by atoms with Crippen LogP contribution < -0.4 is 10.6 Å². The molecule has 1 heterocycles. The predicted octanol–water partition coefficient (Wildman–Crippen LogP) is 2.66. The van der Waals surface area contributed by atoms with Crippen molar-refractivity contribution in [1.82, 2.24) is 14.9 Å². The zero-order chi connectivity index (χ0) is 17.6. The van der Waals surface area contributed by atoms with Gasteiger partial charge in [0, 0.05) is 43.5 Å². The summed E-state index contributed by atoms with van der Waals surface area (Å²) < 4.78 is 26.9. The van der Waals surface area contributed by atoms with Gasteiger partial charge >= 0.3 is 0 Å². The standard InChI is InChI=1S/C16H28N4O2S2.HI/c1-4-17-16(19-13-7-8-13)18-12-11-14-9-10-15(23-14)24(21,22)20(5-2)6-3;/h9-10,13H,4-8,11-12H2,1-3H3,(H2,17,18,19);1H. The summed E-state index contributed by atoms with van der Waals surface area (Å²) in [4.78, 5) is 5.62. The van der Waals surface area contributed by atoms with Crippen LogP contribution in [0.2, 0.25) is 0 Å². The minimum Gasteiger partial charge on any atom is -0.357 e. The lowest BCUT2D eigenvalue weighted by Gasteiger charge is -2.16. The van der Waals surface area contributed by atoms with Gasteiger partial charge in [-0.15, -0.1) is 35.3 Å². The van der Waals surface area contributed by atoms with Crippen molar-refractivity contribution in [2.24, 2.45) is 4.99 Å². The average Bonchev–Trinajstić information content (AvgIpc) is 3.22. The molecule has 0 spiro atoms. The number of aliphatic imine (C=N–C) groups is 1. The zero-order valence-corrected chi connectivity index (χ0v) is 19.1. The summed E-state index contributed by atoms with van der Waals surface area (Å²) in [6, 6.07) is 4.18. The number of thiophene rings is 1. The molecule has 1 aromatic heterocycles. The Bertz CT molecular complexity index is 653. The van der Waals surface area contributed by atoms with E-state index in [0.717, 1.165) is 23.8 Å². The first-order chi connectivity index (χ1) is 11.5. The number of nitrogens with one attached hydrogen (secondary N) is 2. The third-order valence-corrected chi connectivity index (χ3v) is 7.49. The average molecular weight is 500 g/mol. The normalized spacial score (nSPS) is 15.1. The molecule has 1 saturated carbocycles. The van der Waals surface area contributed by atoms with E-state index in [4.69, 9.17) is 0 Å². The van der Waals surface area contributed by atoms with Crippen LogP contribution in [0, 0.1) is 0 Å². The summed E-state index contributed by atoms with van der Waals surface area (Å²) in [5.41, 5.74) is 0. The Labute approximate surface area is 172 Å². The Hall–Kier alpha value is -0.390. The highest BCUT2D eigenvalue weighted by Gasteiger charge is 2.23. The smallest absolute Gasteiger partial charge is 0.252 e. The van der Waals surface area contributed by atoms with Crippen LogP contribution in [0.3, 0.4) is 0 Å². The molecule has 6 nitrogen and oxygen atoms in total. The Kier molecular flexibility index (Phi) is 9.68. The van der Waals surface area contributed by atoms with E-state index in [9.17, 15) is 8.42 Å². The SMILES string of the molecule is CCNC(=NCCc1ccc(S(=O)(=O)N(CC)CC)s1)NC1CC1.I. The highest BCUT2D eigenvalue weighted by molar-refractivity contribution is 14.0. The van der Waals surface area contributed by atoms with Crippen LogP contribution in [0.15, 0.2) is 21.3 Å². The lowest BCUT2D eigenvalue weighted by Crippen LogP contribution is -2.38. The van der Waals surface area contributed by atoms with Crippen molar-refractivity contribution in [3.8, 4) is 0 Å². The van der Waals surface area contributed by atoms with Crippen LogP contribution in [0.25, 0.3) is 0 Å². The third kappa shape index (κ3) is 6.69. The van der Waals surface area contributed by atoms with E-state index in [-0.39, 0.29) is 24.0 Å². The molecule has 1 aliphatic carbocycles. The molecule has 9 heteroatoms. The minimum atomic E-state index is -3.35. The summed E-state index contributed by atoms with van der Waals surface area (Å²) in [5, 5.41) is 6.62. The molecule has 0 atom stereocenters. The number of guanidine groups is 1. The number of rotatable bonds is 9. The number of halogens is 1. The van der Waals surface area contributed by atoms with Gasteiger partial charge in [0.2, 0.25) is 0 Å². The van der Waals surface area contributed by atoms with Gasteiger partial charge in [0.15, 0.2) is 5.96 Å². The zero-order valence-electron chi connectivity index (χ0n) is 15.1. The van der Waals surface area contributed by atoms with Crippen molar-refractivity contribution < 1.29 is 8.42 Å². The molecule has 25 heavy (non-hydrogen) atoms. The second-order valence-corrected chi connectivity index (χ2v) is 9.07. The van der Waals surface area contributed by atoms with Gasteiger partial charge in [-0.2, -0.15) is 4.31 Å². The van der Waals surface area contributed by atoms with Crippen molar-refractivity contribution >= 4 is 51.3 Å². The van der Waals surface area contributed by atoms with E-state index in [1.165, 1.54) is 28.5 Å². The summed E-state index contributed by atoms with van der Waals surface area (Å²) in [5.74, 6) is 0.854. The van der Waals surface area contributed by atoms with E-state index < -0.39 is 10.0 Å². The first-order valence-corrected chi connectivity index (χ1v) is 10.9. The van der Waals surface area contributed by atoms with Gasteiger partial charge in [0.25, 0.3) is 10.0 Å². The number of hydrogen-bond donors (Lipinski definition) is 2. The van der Waals surface area contributed by atoms with Gasteiger partial charge in [-0.1, -0.05) is 13.8 Å². The summed E-state index contributed by atoms with van der Waals surface area (Å²) >= 11 is 1.35. The van der Waals surface area contributed by atoms with Crippen molar-refractivity contribution in [1.29, 1.82) is 0 Å². The molecule has 0 unspecified atom stereocenters. The van der Waals surface area contributed by atoms with Gasteiger partial charge in [0.05, 0.1) is 0 Å². The second-order valence-electron chi connectivity index (χ2n) is 5.74. The Morgan fingerprint density at radius 3 is 2.52 bits per heavy atom. The van der Waals surface area contributed by atoms with Crippen LogP contribution in [-0.2, 0) is 16.4 Å². The van der Waals surface area contributed by atoms with Gasteiger partial charge < -0.3 is 10.6 Å².